The molecule has 0 aliphatic heterocycles. The number of aromatic amines is 1. The van der Waals surface area contributed by atoms with Gasteiger partial charge < -0.3 is 30.4 Å². The summed E-state index contributed by atoms with van der Waals surface area (Å²) in [6, 6.07) is 21.3. The maximum absolute atomic E-state index is 14.4. The van der Waals surface area contributed by atoms with E-state index in [4.69, 9.17) is 5.73 Å². The summed E-state index contributed by atoms with van der Waals surface area (Å²) in [5.74, 6) is 0. The number of H-pyrrole nitrogens is 1. The lowest BCUT2D eigenvalue weighted by molar-refractivity contribution is -0.248. The number of benzene rings is 4. The van der Waals surface area contributed by atoms with Crippen molar-refractivity contribution >= 4 is 55.7 Å². The van der Waals surface area contributed by atoms with Gasteiger partial charge in [-0.15, -0.1) is 0 Å². The zero-order chi connectivity index (χ0) is 51.2. The normalized spacial score (nSPS) is 15.4. The van der Waals surface area contributed by atoms with E-state index >= 15 is 0 Å². The smallest absolute Gasteiger partial charge is 0.372 e. The third-order valence-electron chi connectivity index (χ3n) is 12.4. The van der Waals surface area contributed by atoms with Crippen molar-refractivity contribution in [3.05, 3.63) is 169 Å². The summed E-state index contributed by atoms with van der Waals surface area (Å²) < 4.78 is 92.2. The molecule has 0 radical (unpaired) electrons. The van der Waals surface area contributed by atoms with Crippen LogP contribution >= 0.6 is 0 Å². The second kappa shape index (κ2) is 18.9. The standard InChI is InChI=1S/C22H19F3N4O2.C18H14F3N3O.C7H6N4O.C3H7N/c1-28-12-17(16-4-2-3-5-19(16)28)21(31,22(23,24)25)14-6-9-18-13(10-14)11-26-29(18)20(30)27-15-7-8-15;1-24-10-14(13-4-2-3-5-16(13)24)17(25,18(19,20)21)12-6-7-15-11(8-12)9-22-23-15;12-7(10-3-1-8-5-10)11-4-2-9-6-11;4-3-1-2-3/h2-6,9-12,15,31H,7-8H2,1H3,(H,27,30);2-10,25H,1H3,(H,22,23);1-6H;3H,1-2,4H2. The van der Waals surface area contributed by atoms with E-state index in [1.807, 2.05) is 0 Å². The van der Waals surface area contributed by atoms with Crippen LogP contribution < -0.4 is 11.1 Å². The monoisotopic (exact) mass is 992 g/mol. The van der Waals surface area contributed by atoms with E-state index in [0.717, 1.165) is 17.5 Å². The number of nitrogens with two attached hydrogens (primary N) is 1. The van der Waals surface area contributed by atoms with Crippen molar-refractivity contribution in [3.63, 3.8) is 0 Å². The first-order valence-electron chi connectivity index (χ1n) is 22.5. The molecule has 6 N–H and O–H groups in total. The van der Waals surface area contributed by atoms with Gasteiger partial charge in [-0.25, -0.2) is 19.6 Å². The summed E-state index contributed by atoms with van der Waals surface area (Å²) in [4.78, 5) is 31.3. The van der Waals surface area contributed by atoms with Gasteiger partial charge in [-0.3, -0.25) is 14.2 Å². The van der Waals surface area contributed by atoms with Gasteiger partial charge in [0.25, 0.3) is 0 Å². The number of rotatable bonds is 5. The lowest BCUT2D eigenvalue weighted by Crippen LogP contribution is -2.43. The summed E-state index contributed by atoms with van der Waals surface area (Å²) in [5, 5.41) is 36.9. The predicted molar refractivity (Wildman–Crippen MR) is 255 cm³/mol. The van der Waals surface area contributed by atoms with Crippen LogP contribution in [0.1, 0.15) is 47.9 Å². The second-order valence-electron chi connectivity index (χ2n) is 17.5. The molecule has 16 nitrogen and oxygen atoms in total. The van der Waals surface area contributed by atoms with Crippen LogP contribution in [0.4, 0.5) is 35.9 Å². The minimum absolute atomic E-state index is 0.118. The highest BCUT2D eigenvalue weighted by molar-refractivity contribution is 5.91. The van der Waals surface area contributed by atoms with Crippen molar-refractivity contribution in [2.45, 2.75) is 61.3 Å². The van der Waals surface area contributed by atoms with Crippen LogP contribution in [0.25, 0.3) is 43.6 Å². The van der Waals surface area contributed by atoms with E-state index in [2.05, 4.69) is 30.6 Å². The average Bonchev–Trinajstić information content (AvgIpc) is 3.85. The number of amides is 1. The van der Waals surface area contributed by atoms with Gasteiger partial charge in [0.15, 0.2) is 0 Å². The zero-order valence-corrected chi connectivity index (χ0v) is 38.4. The highest BCUT2D eigenvalue weighted by Crippen LogP contribution is 2.49. The number of nitrogens with one attached hydrogen (secondary N) is 2. The fourth-order valence-electron chi connectivity index (χ4n) is 8.23. The van der Waals surface area contributed by atoms with Crippen molar-refractivity contribution in [2.75, 3.05) is 0 Å². The molecule has 72 heavy (non-hydrogen) atoms. The Kier molecular flexibility index (Phi) is 12.9. The largest absolute Gasteiger partial charge is 0.425 e. The van der Waals surface area contributed by atoms with Crippen molar-refractivity contribution in [1.82, 2.24) is 53.5 Å². The zero-order valence-electron chi connectivity index (χ0n) is 38.4. The molecule has 1 amide bonds. The summed E-state index contributed by atoms with van der Waals surface area (Å²) in [7, 11) is 3.29. The maximum atomic E-state index is 14.4. The third kappa shape index (κ3) is 9.33. The molecular weight excluding hydrogens is 947 g/mol. The number of aliphatic hydroxyl groups is 2. The fourth-order valence-corrected chi connectivity index (χ4v) is 8.23. The lowest BCUT2D eigenvalue weighted by Gasteiger charge is -2.31. The van der Waals surface area contributed by atoms with Crippen LogP contribution in [-0.4, -0.2) is 94.9 Å². The minimum atomic E-state index is -4.98. The van der Waals surface area contributed by atoms with Gasteiger partial charge in [0.1, 0.15) is 12.7 Å². The number of carbonyl (C=O) groups excluding carboxylic acids is 2. The van der Waals surface area contributed by atoms with E-state index in [9.17, 15) is 46.1 Å². The number of carbonyl (C=O) groups is 2. The average molecular weight is 993 g/mol. The Bertz CT molecular complexity index is 3500. The molecule has 0 spiro atoms. The number of hydrogen-bond donors (Lipinski definition) is 5. The molecule has 2 aliphatic carbocycles. The van der Waals surface area contributed by atoms with Crippen molar-refractivity contribution in [2.24, 2.45) is 19.8 Å². The Hall–Kier alpha value is -8.08. The van der Waals surface area contributed by atoms with E-state index in [1.54, 1.807) is 96.5 Å². The minimum Gasteiger partial charge on any atom is -0.372 e. The Morgan fingerprint density at radius 3 is 1.65 bits per heavy atom. The van der Waals surface area contributed by atoms with Gasteiger partial charge in [0, 0.05) is 107 Å². The van der Waals surface area contributed by atoms with Crippen LogP contribution in [0.3, 0.4) is 0 Å². The quantitative estimate of drug-likeness (QED) is 0.105. The molecule has 2 fully saturated rings. The highest BCUT2D eigenvalue weighted by Gasteiger charge is 2.58. The molecule has 372 valence electrons. The summed E-state index contributed by atoms with van der Waals surface area (Å²) in [5.41, 5.74) is -0.0147. The number of para-hydroxylation sites is 2. The van der Waals surface area contributed by atoms with Crippen LogP contribution in [-0.2, 0) is 25.3 Å². The van der Waals surface area contributed by atoms with Crippen molar-refractivity contribution in [1.29, 1.82) is 0 Å². The number of halogens is 6. The summed E-state index contributed by atoms with van der Waals surface area (Å²) in [6.07, 6.45) is 9.01. The lowest BCUT2D eigenvalue weighted by atomic mass is 9.85. The molecule has 2 unspecified atom stereocenters. The first-order valence-corrected chi connectivity index (χ1v) is 22.5. The topological polar surface area (TPSA) is 205 Å². The molecule has 0 saturated heterocycles. The van der Waals surface area contributed by atoms with E-state index < -0.39 is 29.6 Å². The van der Waals surface area contributed by atoms with Crippen LogP contribution in [0, 0.1) is 0 Å². The van der Waals surface area contributed by atoms with Crippen LogP contribution in [0.2, 0.25) is 0 Å². The summed E-state index contributed by atoms with van der Waals surface area (Å²) >= 11 is 0. The molecule has 10 aromatic rings. The molecule has 6 aromatic heterocycles. The number of imidazole rings is 2. The van der Waals surface area contributed by atoms with Gasteiger partial charge in [0.05, 0.1) is 23.4 Å². The number of fused-ring (bicyclic) bond motifs is 4. The Labute approximate surface area is 404 Å². The van der Waals surface area contributed by atoms with Gasteiger partial charge in [-0.1, -0.05) is 48.5 Å². The molecule has 12 rings (SSSR count). The van der Waals surface area contributed by atoms with Gasteiger partial charge in [-0.05, 0) is 73.2 Å². The fraction of sp³-hybridized carbons (Fsp3) is 0.240. The molecule has 2 atom stereocenters. The first-order chi connectivity index (χ1) is 34.3. The number of alkyl halides is 6. The Morgan fingerprint density at radius 2 is 1.18 bits per heavy atom. The van der Waals surface area contributed by atoms with Crippen molar-refractivity contribution in [3.8, 4) is 0 Å². The van der Waals surface area contributed by atoms with E-state index in [0.29, 0.717) is 49.7 Å². The Morgan fingerprint density at radius 1 is 0.681 bits per heavy atom. The molecule has 22 heteroatoms. The van der Waals surface area contributed by atoms with E-state index in [-0.39, 0.29) is 34.3 Å². The number of nitrogens with zero attached hydrogens (tertiary/aromatic N) is 9. The number of aromatic nitrogens is 10. The third-order valence-corrected chi connectivity index (χ3v) is 12.4. The Balaban J connectivity index is 0.000000138. The molecule has 0 bridgehead atoms. The predicted octanol–water partition coefficient (Wildman–Crippen LogP) is 8.60. The van der Waals surface area contributed by atoms with E-state index in [1.165, 1.54) is 95.8 Å². The molecule has 2 aliphatic rings. The summed E-state index contributed by atoms with van der Waals surface area (Å²) in [6.45, 7) is 0. The molecule has 2 saturated carbocycles. The molecule has 6 heterocycles. The maximum Gasteiger partial charge on any atom is 0.425 e. The van der Waals surface area contributed by atoms with Gasteiger partial charge in [0.2, 0.25) is 11.2 Å². The first kappa shape index (κ1) is 48.9. The SMILES string of the molecule is Cn1cc(C(O)(c2ccc3[nH]ncc3c2)C(F)(F)F)c2ccccc21.Cn1cc(C(O)(c2ccc3c(cnn3C(=O)NC3CC3)c2)C(F)(F)F)c2ccccc21.NC1CC1.O=C(n1ccnc1)n1ccnc1. The van der Waals surface area contributed by atoms with Crippen molar-refractivity contribution < 1.29 is 46.1 Å². The highest BCUT2D eigenvalue weighted by atomic mass is 19.4. The number of hydrogen-bond acceptors (Lipinski definition) is 9. The number of aryl methyl sites for hydroxylation is 2. The second-order valence-corrected chi connectivity index (χ2v) is 17.5. The van der Waals surface area contributed by atoms with Crippen LogP contribution in [0.5, 0.6) is 0 Å². The van der Waals surface area contributed by atoms with Gasteiger partial charge >= 0.3 is 24.4 Å². The molecular formula is C50H46F6N12O4. The van der Waals surface area contributed by atoms with Gasteiger partial charge in [-0.2, -0.15) is 41.2 Å². The molecule has 4 aromatic carbocycles. The van der Waals surface area contributed by atoms with Crippen LogP contribution in [0.15, 0.2) is 147 Å².